The molecule has 1 saturated heterocycles. The van der Waals surface area contributed by atoms with Gasteiger partial charge in [-0.25, -0.2) is 4.68 Å². The molecule has 1 atom stereocenters. The second-order valence-corrected chi connectivity index (χ2v) is 6.48. The number of esters is 1. The second kappa shape index (κ2) is 7.14. The quantitative estimate of drug-likeness (QED) is 0.787. The average Bonchev–Trinajstić information content (AvgIpc) is 2.58. The number of aromatic nitrogens is 2. The van der Waals surface area contributed by atoms with Crippen molar-refractivity contribution in [3.8, 4) is 0 Å². The van der Waals surface area contributed by atoms with Crippen LogP contribution in [-0.2, 0) is 16.2 Å². The minimum absolute atomic E-state index is 0.135. The van der Waals surface area contributed by atoms with Gasteiger partial charge in [0.15, 0.2) is 0 Å². The van der Waals surface area contributed by atoms with Gasteiger partial charge in [0.05, 0.1) is 24.9 Å². The Morgan fingerprint density at radius 2 is 2.26 bits per heavy atom. The maximum atomic E-state index is 12.6. The van der Waals surface area contributed by atoms with Gasteiger partial charge in [0.2, 0.25) is 0 Å². The van der Waals surface area contributed by atoms with E-state index in [-0.39, 0.29) is 17.6 Å². The van der Waals surface area contributed by atoms with Crippen molar-refractivity contribution >= 4 is 28.5 Å². The highest BCUT2D eigenvalue weighted by molar-refractivity contribution is 7.99. The number of carbonyl (C=O) groups excluding carboxylic acids is 1. The van der Waals surface area contributed by atoms with Crippen molar-refractivity contribution in [2.24, 2.45) is 0 Å². The van der Waals surface area contributed by atoms with E-state index < -0.39 is 0 Å². The Kier molecular flexibility index (Phi) is 4.97. The zero-order valence-corrected chi connectivity index (χ0v) is 13.8. The number of hydrogen-bond acceptors (Lipinski definition) is 6. The van der Waals surface area contributed by atoms with Crippen LogP contribution in [0.25, 0.3) is 10.8 Å². The summed E-state index contributed by atoms with van der Waals surface area (Å²) in [6.07, 6.45) is 1.69. The van der Waals surface area contributed by atoms with Crippen molar-refractivity contribution in [3.05, 3.63) is 40.8 Å². The van der Waals surface area contributed by atoms with Crippen LogP contribution in [0.3, 0.4) is 0 Å². The van der Waals surface area contributed by atoms with Crippen LogP contribution in [0.5, 0.6) is 0 Å². The molecule has 1 fully saturated rings. The minimum Gasteiger partial charge on any atom is -0.465 e. The zero-order valence-electron chi connectivity index (χ0n) is 13.0. The molecule has 0 N–H and O–H groups in total. The fourth-order valence-electron chi connectivity index (χ4n) is 2.66. The van der Waals surface area contributed by atoms with Gasteiger partial charge < -0.3 is 4.74 Å². The largest absolute Gasteiger partial charge is 0.465 e. The maximum Gasteiger partial charge on any atom is 0.324 e. The highest BCUT2D eigenvalue weighted by atomic mass is 32.2. The van der Waals surface area contributed by atoms with Crippen molar-refractivity contribution in [1.29, 1.82) is 0 Å². The van der Waals surface area contributed by atoms with Crippen LogP contribution in [-0.4, -0.2) is 51.3 Å². The smallest absolute Gasteiger partial charge is 0.324 e. The summed E-state index contributed by atoms with van der Waals surface area (Å²) in [4.78, 5) is 26.6. The molecule has 0 amide bonds. The second-order valence-electron chi connectivity index (χ2n) is 5.33. The Balaban J connectivity index is 1.86. The first-order valence-electron chi connectivity index (χ1n) is 7.64. The number of benzene rings is 1. The van der Waals surface area contributed by atoms with Gasteiger partial charge in [0.25, 0.3) is 5.56 Å². The van der Waals surface area contributed by atoms with Crippen LogP contribution in [0.2, 0.25) is 0 Å². The number of thioether (sulfide) groups is 1. The Labute approximate surface area is 138 Å². The van der Waals surface area contributed by atoms with E-state index in [4.69, 9.17) is 4.74 Å². The molecule has 0 aliphatic carbocycles. The molecule has 7 heteroatoms. The Morgan fingerprint density at radius 3 is 3.09 bits per heavy atom. The predicted octanol–water partition coefficient (Wildman–Crippen LogP) is 1.33. The standard InChI is InChI=1S/C16H19N3O3S/c1-2-22-16(21)14-10-23-8-7-18(14)11-19-15(20)13-6-4-3-5-12(13)9-17-19/h3-6,9,14H,2,7-8,10-11H2,1H3/t14-/m1/s1. The number of nitrogens with zero attached hydrogens (tertiary/aromatic N) is 3. The fourth-order valence-corrected chi connectivity index (χ4v) is 3.76. The van der Waals surface area contributed by atoms with E-state index in [0.29, 0.717) is 24.4 Å². The SMILES string of the molecule is CCOC(=O)[C@H]1CSCCN1Cn1ncc2ccccc2c1=O. The molecule has 122 valence electrons. The number of hydrogen-bond donors (Lipinski definition) is 0. The third kappa shape index (κ3) is 3.40. The summed E-state index contributed by atoms with van der Waals surface area (Å²) < 4.78 is 6.57. The van der Waals surface area contributed by atoms with E-state index in [1.165, 1.54) is 4.68 Å². The van der Waals surface area contributed by atoms with Gasteiger partial charge >= 0.3 is 5.97 Å². The molecule has 1 aromatic heterocycles. The van der Waals surface area contributed by atoms with Gasteiger partial charge in [-0.05, 0) is 13.0 Å². The number of rotatable bonds is 4. The average molecular weight is 333 g/mol. The van der Waals surface area contributed by atoms with Crippen LogP contribution < -0.4 is 5.56 Å². The fraction of sp³-hybridized carbons (Fsp3) is 0.438. The Hall–Kier alpha value is -1.86. The lowest BCUT2D eigenvalue weighted by atomic mass is 10.2. The van der Waals surface area contributed by atoms with Gasteiger partial charge in [0, 0.05) is 23.4 Å². The molecule has 1 aliphatic rings. The summed E-state index contributed by atoms with van der Waals surface area (Å²) in [7, 11) is 0. The third-order valence-electron chi connectivity index (χ3n) is 3.88. The molecule has 6 nitrogen and oxygen atoms in total. The number of carbonyl (C=O) groups is 1. The monoisotopic (exact) mass is 333 g/mol. The van der Waals surface area contributed by atoms with Gasteiger partial charge in [-0.2, -0.15) is 16.9 Å². The summed E-state index contributed by atoms with van der Waals surface area (Å²) in [6, 6.07) is 7.06. The molecular weight excluding hydrogens is 314 g/mol. The summed E-state index contributed by atoms with van der Waals surface area (Å²) in [5.41, 5.74) is -0.135. The van der Waals surface area contributed by atoms with Crippen molar-refractivity contribution in [2.45, 2.75) is 19.6 Å². The highest BCUT2D eigenvalue weighted by Crippen LogP contribution is 2.18. The minimum atomic E-state index is -0.325. The zero-order chi connectivity index (χ0) is 16.2. The van der Waals surface area contributed by atoms with Crippen molar-refractivity contribution in [2.75, 3.05) is 24.7 Å². The summed E-state index contributed by atoms with van der Waals surface area (Å²) in [5.74, 6) is 1.38. The topological polar surface area (TPSA) is 64.4 Å². The molecule has 23 heavy (non-hydrogen) atoms. The molecule has 0 bridgehead atoms. The first-order chi connectivity index (χ1) is 11.2. The first kappa shape index (κ1) is 16.0. The third-order valence-corrected chi connectivity index (χ3v) is 4.90. The van der Waals surface area contributed by atoms with E-state index in [1.807, 2.05) is 23.1 Å². The summed E-state index contributed by atoms with van der Waals surface area (Å²) in [6.45, 7) is 3.19. The van der Waals surface area contributed by atoms with Crippen LogP contribution in [0.4, 0.5) is 0 Å². The number of ether oxygens (including phenoxy) is 1. The molecule has 1 aromatic carbocycles. The van der Waals surface area contributed by atoms with Crippen LogP contribution in [0.15, 0.2) is 35.3 Å². The maximum absolute atomic E-state index is 12.6. The Bertz CT molecular complexity index is 762. The first-order valence-corrected chi connectivity index (χ1v) is 8.79. The molecule has 2 aromatic rings. The normalized spacial score (nSPS) is 18.9. The lowest BCUT2D eigenvalue weighted by Crippen LogP contribution is -2.50. The molecule has 0 unspecified atom stereocenters. The molecule has 0 radical (unpaired) electrons. The van der Waals surface area contributed by atoms with Gasteiger partial charge in [-0.1, -0.05) is 18.2 Å². The lowest BCUT2D eigenvalue weighted by Gasteiger charge is -2.33. The molecule has 3 rings (SSSR count). The molecule has 2 heterocycles. The van der Waals surface area contributed by atoms with Gasteiger partial charge in [0.1, 0.15) is 6.04 Å². The molecule has 0 saturated carbocycles. The molecule has 0 spiro atoms. The molecule has 1 aliphatic heterocycles. The Morgan fingerprint density at radius 1 is 1.43 bits per heavy atom. The van der Waals surface area contributed by atoms with Crippen LogP contribution in [0.1, 0.15) is 6.92 Å². The van der Waals surface area contributed by atoms with E-state index in [0.717, 1.165) is 17.7 Å². The lowest BCUT2D eigenvalue weighted by molar-refractivity contribution is -0.149. The number of fused-ring (bicyclic) bond motifs is 1. The van der Waals surface area contributed by atoms with Crippen LogP contribution in [0, 0.1) is 0 Å². The van der Waals surface area contributed by atoms with Gasteiger partial charge in [-0.3, -0.25) is 14.5 Å². The van der Waals surface area contributed by atoms with E-state index in [2.05, 4.69) is 5.10 Å². The van der Waals surface area contributed by atoms with Crippen molar-refractivity contribution in [1.82, 2.24) is 14.7 Å². The van der Waals surface area contributed by atoms with Crippen LogP contribution >= 0.6 is 11.8 Å². The highest BCUT2D eigenvalue weighted by Gasteiger charge is 2.30. The van der Waals surface area contributed by atoms with Gasteiger partial charge in [-0.15, -0.1) is 0 Å². The van der Waals surface area contributed by atoms with Crippen molar-refractivity contribution in [3.63, 3.8) is 0 Å². The molecular formula is C16H19N3O3S. The van der Waals surface area contributed by atoms with E-state index in [9.17, 15) is 9.59 Å². The van der Waals surface area contributed by atoms with Crippen molar-refractivity contribution < 1.29 is 9.53 Å². The predicted molar refractivity (Wildman–Crippen MR) is 90.5 cm³/mol. The van der Waals surface area contributed by atoms with E-state index in [1.54, 1.807) is 30.9 Å². The van der Waals surface area contributed by atoms with E-state index >= 15 is 0 Å². The summed E-state index contributed by atoms with van der Waals surface area (Å²) in [5, 5.41) is 5.71. The summed E-state index contributed by atoms with van der Waals surface area (Å²) >= 11 is 1.73.